The van der Waals surface area contributed by atoms with Crippen molar-refractivity contribution >= 4 is 16.7 Å². The van der Waals surface area contributed by atoms with Gasteiger partial charge in [0.15, 0.2) is 0 Å². The average Bonchev–Trinajstić information content (AvgIpc) is 2.99. The van der Waals surface area contributed by atoms with Gasteiger partial charge in [-0.2, -0.15) is 0 Å². The molecule has 0 unspecified atom stereocenters. The highest BCUT2D eigenvalue weighted by Gasteiger charge is 2.23. The molecular formula is C19H21N2O+. The smallest absolute Gasteiger partial charge is 0.221 e. The summed E-state index contributed by atoms with van der Waals surface area (Å²) in [7, 11) is 0. The van der Waals surface area contributed by atoms with Gasteiger partial charge in [-0.3, -0.25) is 4.79 Å². The molecule has 0 spiro atoms. The molecule has 1 heterocycles. The highest BCUT2D eigenvalue weighted by atomic mass is 16.1. The first kappa shape index (κ1) is 14.5. The van der Waals surface area contributed by atoms with Crippen molar-refractivity contribution in [3.05, 3.63) is 71.9 Å². The number of Topliss-reactive ketones (excluding diaryl/α,β-unsaturated/α-hetero) is 1. The van der Waals surface area contributed by atoms with E-state index in [9.17, 15) is 4.79 Å². The van der Waals surface area contributed by atoms with Gasteiger partial charge in [-0.1, -0.05) is 48.5 Å². The normalized spacial score (nSPS) is 13.9. The van der Waals surface area contributed by atoms with Crippen molar-refractivity contribution in [3.63, 3.8) is 0 Å². The van der Waals surface area contributed by atoms with Gasteiger partial charge < -0.3 is 10.3 Å². The molecule has 0 radical (unpaired) electrons. The Kier molecular flexibility index (Phi) is 4.07. The van der Waals surface area contributed by atoms with Crippen molar-refractivity contribution in [1.29, 1.82) is 0 Å². The number of rotatable bonds is 5. The van der Waals surface area contributed by atoms with Crippen LogP contribution in [-0.2, 0) is 0 Å². The average molecular weight is 293 g/mol. The molecule has 3 rings (SSSR count). The van der Waals surface area contributed by atoms with Crippen molar-refractivity contribution < 1.29 is 10.1 Å². The zero-order chi connectivity index (χ0) is 15.5. The molecular weight excluding hydrogens is 272 g/mol. The molecule has 0 aliphatic heterocycles. The number of carbonyl (C=O) groups is 1. The molecule has 0 amide bonds. The number of quaternary nitrogens is 1. The summed E-state index contributed by atoms with van der Waals surface area (Å²) in [6, 6.07) is 18.3. The van der Waals surface area contributed by atoms with E-state index < -0.39 is 0 Å². The predicted molar refractivity (Wildman–Crippen MR) is 88.9 cm³/mol. The van der Waals surface area contributed by atoms with Crippen molar-refractivity contribution in [2.24, 2.45) is 0 Å². The van der Waals surface area contributed by atoms with Crippen molar-refractivity contribution in [1.82, 2.24) is 4.98 Å². The van der Waals surface area contributed by atoms with E-state index in [1.807, 2.05) is 55.6 Å². The lowest BCUT2D eigenvalue weighted by atomic mass is 10.0. The number of H-pyrrole nitrogens is 1. The molecule has 3 nitrogen and oxygen atoms in total. The van der Waals surface area contributed by atoms with E-state index in [0.717, 1.165) is 16.5 Å². The van der Waals surface area contributed by atoms with Crippen LogP contribution in [0.3, 0.4) is 0 Å². The number of fused-ring (bicyclic) bond motifs is 1. The molecule has 0 saturated carbocycles. The number of hydrogen-bond acceptors (Lipinski definition) is 1. The summed E-state index contributed by atoms with van der Waals surface area (Å²) >= 11 is 0. The van der Waals surface area contributed by atoms with Gasteiger partial charge in [0.2, 0.25) is 5.78 Å². The fourth-order valence-corrected chi connectivity index (χ4v) is 2.91. The first-order chi connectivity index (χ1) is 10.7. The molecule has 22 heavy (non-hydrogen) atoms. The maximum atomic E-state index is 12.7. The van der Waals surface area contributed by atoms with Crippen LogP contribution < -0.4 is 5.32 Å². The number of aromatic amines is 1. The second-order valence-electron chi connectivity index (χ2n) is 5.79. The first-order valence-corrected chi connectivity index (χ1v) is 7.67. The van der Waals surface area contributed by atoms with Crippen LogP contribution in [0, 0.1) is 0 Å². The molecule has 0 aliphatic rings. The Morgan fingerprint density at radius 2 is 1.68 bits per heavy atom. The minimum atomic E-state index is -0.116. The molecule has 112 valence electrons. The number of carbonyl (C=O) groups excluding carboxylic acids is 1. The maximum absolute atomic E-state index is 12.7. The third-order valence-electron chi connectivity index (χ3n) is 4.17. The second kappa shape index (κ2) is 6.16. The number of nitrogens with one attached hydrogen (secondary N) is 1. The second-order valence-corrected chi connectivity index (χ2v) is 5.79. The predicted octanol–water partition coefficient (Wildman–Crippen LogP) is 3.06. The van der Waals surface area contributed by atoms with Gasteiger partial charge in [0.1, 0.15) is 12.1 Å². The van der Waals surface area contributed by atoms with Crippen LogP contribution in [0.1, 0.15) is 35.8 Å². The lowest BCUT2D eigenvalue weighted by Crippen LogP contribution is -2.91. The van der Waals surface area contributed by atoms with E-state index in [2.05, 4.69) is 29.4 Å². The fraction of sp³-hybridized carbons (Fsp3) is 0.211. The first-order valence-electron chi connectivity index (χ1n) is 7.67. The summed E-state index contributed by atoms with van der Waals surface area (Å²) in [6.07, 6.45) is 1.82. The largest absolute Gasteiger partial charge is 0.360 e. The topological polar surface area (TPSA) is 49.5 Å². The third kappa shape index (κ3) is 2.81. The van der Waals surface area contributed by atoms with Crippen LogP contribution in [0.5, 0.6) is 0 Å². The Bertz CT molecular complexity index is 776. The van der Waals surface area contributed by atoms with Crippen molar-refractivity contribution in [2.45, 2.75) is 25.9 Å². The third-order valence-corrected chi connectivity index (χ3v) is 4.17. The molecule has 2 atom stereocenters. The van der Waals surface area contributed by atoms with Gasteiger partial charge in [0.05, 0.1) is 0 Å². The Labute approximate surface area is 130 Å². The van der Waals surface area contributed by atoms with Gasteiger partial charge in [0, 0.05) is 28.2 Å². The van der Waals surface area contributed by atoms with Crippen molar-refractivity contribution in [2.75, 3.05) is 0 Å². The molecule has 3 N–H and O–H groups in total. The van der Waals surface area contributed by atoms with Crippen LogP contribution in [0.25, 0.3) is 10.9 Å². The standard InChI is InChI=1S/C19H20N2O/c1-13(15-8-4-3-5-9-15)21-14(2)19(22)17-12-20-18-11-7-6-10-16(17)18/h3-14,20-21H,1-2H3/p+1/t13-,14+/m0/s1. The molecule has 0 bridgehead atoms. The number of benzene rings is 2. The molecule has 2 aromatic carbocycles. The number of nitrogens with two attached hydrogens (primary N) is 1. The Balaban J connectivity index is 1.77. The number of para-hydroxylation sites is 1. The van der Waals surface area contributed by atoms with E-state index >= 15 is 0 Å². The van der Waals surface area contributed by atoms with Gasteiger partial charge in [-0.05, 0) is 19.9 Å². The van der Waals surface area contributed by atoms with Crippen LogP contribution >= 0.6 is 0 Å². The van der Waals surface area contributed by atoms with Gasteiger partial charge in [-0.15, -0.1) is 0 Å². The summed E-state index contributed by atoms with van der Waals surface area (Å²) in [5.41, 5.74) is 3.02. The van der Waals surface area contributed by atoms with Crippen LogP contribution in [-0.4, -0.2) is 16.8 Å². The molecule has 0 aliphatic carbocycles. The van der Waals surface area contributed by atoms with Crippen LogP contribution in [0.2, 0.25) is 0 Å². The lowest BCUT2D eigenvalue weighted by Gasteiger charge is -2.16. The minimum Gasteiger partial charge on any atom is -0.360 e. The van der Waals surface area contributed by atoms with E-state index in [4.69, 9.17) is 0 Å². The number of aromatic nitrogens is 1. The van der Waals surface area contributed by atoms with Crippen LogP contribution in [0.4, 0.5) is 0 Å². The molecule has 0 fully saturated rings. The SMILES string of the molecule is C[C@H]([NH2+][C@H](C)C(=O)c1c[nH]c2ccccc12)c1ccccc1. The van der Waals surface area contributed by atoms with E-state index in [0.29, 0.717) is 0 Å². The van der Waals surface area contributed by atoms with E-state index in [1.165, 1.54) is 5.56 Å². The highest BCUT2D eigenvalue weighted by molar-refractivity contribution is 6.09. The van der Waals surface area contributed by atoms with E-state index in [1.54, 1.807) is 0 Å². The monoisotopic (exact) mass is 293 g/mol. The summed E-state index contributed by atoms with van der Waals surface area (Å²) in [4.78, 5) is 15.9. The van der Waals surface area contributed by atoms with Gasteiger partial charge >= 0.3 is 0 Å². The van der Waals surface area contributed by atoms with Gasteiger partial charge in [-0.25, -0.2) is 0 Å². The zero-order valence-electron chi connectivity index (χ0n) is 12.9. The Morgan fingerprint density at radius 1 is 1.00 bits per heavy atom. The van der Waals surface area contributed by atoms with E-state index in [-0.39, 0.29) is 17.9 Å². The summed E-state index contributed by atoms with van der Waals surface area (Å²) < 4.78 is 0. The fourth-order valence-electron chi connectivity index (χ4n) is 2.91. The zero-order valence-corrected chi connectivity index (χ0v) is 12.9. The quantitative estimate of drug-likeness (QED) is 0.698. The van der Waals surface area contributed by atoms with Crippen LogP contribution in [0.15, 0.2) is 60.8 Å². The van der Waals surface area contributed by atoms with Gasteiger partial charge in [0.25, 0.3) is 0 Å². The lowest BCUT2D eigenvalue weighted by molar-refractivity contribution is -0.709. The molecule has 0 saturated heterocycles. The summed E-state index contributed by atoms with van der Waals surface area (Å²) in [6.45, 7) is 4.11. The highest BCUT2D eigenvalue weighted by Crippen LogP contribution is 2.18. The number of hydrogen-bond donors (Lipinski definition) is 2. The summed E-state index contributed by atoms with van der Waals surface area (Å²) in [5.74, 6) is 0.167. The maximum Gasteiger partial charge on any atom is 0.221 e. The van der Waals surface area contributed by atoms with Crippen molar-refractivity contribution in [3.8, 4) is 0 Å². The number of ketones is 1. The minimum absolute atomic E-state index is 0.116. The molecule has 3 heteroatoms. The Hall–Kier alpha value is -2.39. The molecule has 1 aromatic heterocycles. The Morgan fingerprint density at radius 3 is 2.45 bits per heavy atom. The molecule has 3 aromatic rings. The summed E-state index contributed by atoms with van der Waals surface area (Å²) in [5, 5.41) is 3.12.